The van der Waals surface area contributed by atoms with Crippen LogP contribution in [0.15, 0.2) is 12.2 Å². The van der Waals surface area contributed by atoms with E-state index in [9.17, 15) is 0 Å². The maximum Gasteiger partial charge on any atom is 0.0469 e. The SMILES string of the molecule is C=C(C)C(NCCC)C1CCOCC1. The molecule has 1 N–H and O–H groups in total. The van der Waals surface area contributed by atoms with E-state index < -0.39 is 0 Å². The lowest BCUT2D eigenvalue weighted by atomic mass is 9.88. The standard InChI is InChI=1S/C12H23NO/c1-4-7-13-12(10(2)3)11-5-8-14-9-6-11/h11-13H,2,4-9H2,1,3H3. The fourth-order valence-electron chi connectivity index (χ4n) is 2.09. The van der Waals surface area contributed by atoms with Gasteiger partial charge in [-0.2, -0.15) is 0 Å². The molecule has 0 aromatic rings. The van der Waals surface area contributed by atoms with E-state index in [1.54, 1.807) is 0 Å². The number of rotatable bonds is 5. The van der Waals surface area contributed by atoms with E-state index in [1.807, 2.05) is 0 Å². The van der Waals surface area contributed by atoms with Crippen molar-refractivity contribution in [3.05, 3.63) is 12.2 Å². The lowest BCUT2D eigenvalue weighted by Crippen LogP contribution is -2.40. The van der Waals surface area contributed by atoms with Gasteiger partial charge in [0.2, 0.25) is 0 Å². The van der Waals surface area contributed by atoms with Crippen molar-refractivity contribution in [2.75, 3.05) is 19.8 Å². The summed E-state index contributed by atoms with van der Waals surface area (Å²) in [6, 6.07) is 0.499. The van der Waals surface area contributed by atoms with Gasteiger partial charge in [-0.25, -0.2) is 0 Å². The van der Waals surface area contributed by atoms with Gasteiger partial charge in [-0.3, -0.25) is 0 Å². The summed E-state index contributed by atoms with van der Waals surface area (Å²) < 4.78 is 5.38. The van der Waals surface area contributed by atoms with Gasteiger partial charge in [0.05, 0.1) is 0 Å². The maximum atomic E-state index is 5.38. The van der Waals surface area contributed by atoms with E-state index in [0.717, 1.165) is 25.7 Å². The van der Waals surface area contributed by atoms with E-state index >= 15 is 0 Å². The molecule has 0 aromatic heterocycles. The van der Waals surface area contributed by atoms with Crippen molar-refractivity contribution in [2.24, 2.45) is 5.92 Å². The van der Waals surface area contributed by atoms with Gasteiger partial charge >= 0.3 is 0 Å². The normalized spacial score (nSPS) is 20.7. The lowest BCUT2D eigenvalue weighted by Gasteiger charge is -2.31. The molecule has 2 nitrogen and oxygen atoms in total. The van der Waals surface area contributed by atoms with E-state index in [0.29, 0.717) is 6.04 Å². The van der Waals surface area contributed by atoms with Gasteiger partial charge in [-0.1, -0.05) is 19.1 Å². The number of hydrogen-bond donors (Lipinski definition) is 1. The molecule has 0 aliphatic carbocycles. The van der Waals surface area contributed by atoms with Crippen molar-refractivity contribution in [2.45, 2.75) is 39.2 Å². The summed E-state index contributed by atoms with van der Waals surface area (Å²) in [5.74, 6) is 0.729. The van der Waals surface area contributed by atoms with Crippen LogP contribution in [0.1, 0.15) is 33.1 Å². The summed E-state index contributed by atoms with van der Waals surface area (Å²) in [6.07, 6.45) is 3.54. The van der Waals surface area contributed by atoms with Gasteiger partial charge in [0, 0.05) is 19.3 Å². The molecule has 1 fully saturated rings. The third-order valence-corrected chi connectivity index (χ3v) is 2.88. The molecule has 1 rings (SSSR count). The Morgan fingerprint density at radius 1 is 1.50 bits per heavy atom. The summed E-state index contributed by atoms with van der Waals surface area (Å²) in [5, 5.41) is 3.58. The molecule has 1 heterocycles. The van der Waals surface area contributed by atoms with E-state index in [4.69, 9.17) is 4.74 Å². The van der Waals surface area contributed by atoms with Gasteiger partial charge in [-0.05, 0) is 38.6 Å². The summed E-state index contributed by atoms with van der Waals surface area (Å²) >= 11 is 0. The van der Waals surface area contributed by atoms with Gasteiger partial charge in [0.15, 0.2) is 0 Å². The maximum absolute atomic E-state index is 5.38. The Hall–Kier alpha value is -0.340. The minimum absolute atomic E-state index is 0.499. The summed E-state index contributed by atoms with van der Waals surface area (Å²) in [4.78, 5) is 0. The van der Waals surface area contributed by atoms with E-state index in [1.165, 1.54) is 24.8 Å². The fourth-order valence-corrected chi connectivity index (χ4v) is 2.09. The highest BCUT2D eigenvalue weighted by Crippen LogP contribution is 2.22. The predicted molar refractivity (Wildman–Crippen MR) is 60.4 cm³/mol. The average molecular weight is 197 g/mol. The van der Waals surface area contributed by atoms with Gasteiger partial charge in [0.25, 0.3) is 0 Å². The molecule has 1 aliphatic heterocycles. The Labute approximate surface area is 87.7 Å². The highest BCUT2D eigenvalue weighted by atomic mass is 16.5. The van der Waals surface area contributed by atoms with Crippen LogP contribution in [0.25, 0.3) is 0 Å². The second-order valence-corrected chi connectivity index (χ2v) is 4.23. The molecule has 1 saturated heterocycles. The van der Waals surface area contributed by atoms with Crippen LogP contribution < -0.4 is 5.32 Å². The van der Waals surface area contributed by atoms with Crippen LogP contribution in [0.5, 0.6) is 0 Å². The largest absolute Gasteiger partial charge is 0.381 e. The molecule has 14 heavy (non-hydrogen) atoms. The third-order valence-electron chi connectivity index (χ3n) is 2.88. The van der Waals surface area contributed by atoms with E-state index in [2.05, 4.69) is 25.7 Å². The third kappa shape index (κ3) is 3.43. The highest BCUT2D eigenvalue weighted by molar-refractivity contribution is 5.04. The molecule has 1 atom stereocenters. The fraction of sp³-hybridized carbons (Fsp3) is 0.833. The minimum atomic E-state index is 0.499. The lowest BCUT2D eigenvalue weighted by molar-refractivity contribution is 0.0580. The van der Waals surface area contributed by atoms with Crippen molar-refractivity contribution >= 4 is 0 Å². The van der Waals surface area contributed by atoms with Gasteiger partial charge in [-0.15, -0.1) is 0 Å². The molecule has 1 aliphatic rings. The highest BCUT2D eigenvalue weighted by Gasteiger charge is 2.23. The topological polar surface area (TPSA) is 21.3 Å². The average Bonchev–Trinajstić information content (AvgIpc) is 2.19. The number of nitrogens with one attached hydrogen (secondary N) is 1. The summed E-state index contributed by atoms with van der Waals surface area (Å²) in [7, 11) is 0. The Bertz CT molecular complexity index is 173. The Morgan fingerprint density at radius 2 is 2.14 bits per heavy atom. The van der Waals surface area contributed by atoms with Crippen molar-refractivity contribution in [1.82, 2.24) is 5.32 Å². The molecule has 0 spiro atoms. The first-order valence-corrected chi connectivity index (χ1v) is 5.72. The van der Waals surface area contributed by atoms with Crippen LogP contribution >= 0.6 is 0 Å². The first kappa shape index (κ1) is 11.7. The first-order valence-electron chi connectivity index (χ1n) is 5.72. The Kier molecular flexibility index (Phi) is 5.20. The van der Waals surface area contributed by atoms with Crippen molar-refractivity contribution in [1.29, 1.82) is 0 Å². The zero-order chi connectivity index (χ0) is 10.4. The molecule has 2 heteroatoms. The zero-order valence-corrected chi connectivity index (χ0v) is 9.51. The predicted octanol–water partition coefficient (Wildman–Crippen LogP) is 2.36. The monoisotopic (exact) mass is 197 g/mol. The Balaban J connectivity index is 2.43. The first-order chi connectivity index (χ1) is 6.75. The van der Waals surface area contributed by atoms with Crippen molar-refractivity contribution in [3.8, 4) is 0 Å². The number of hydrogen-bond acceptors (Lipinski definition) is 2. The van der Waals surface area contributed by atoms with Crippen LogP contribution in [0.2, 0.25) is 0 Å². The molecule has 0 aromatic carbocycles. The van der Waals surface area contributed by atoms with E-state index in [-0.39, 0.29) is 0 Å². The second kappa shape index (κ2) is 6.20. The molecule has 0 saturated carbocycles. The zero-order valence-electron chi connectivity index (χ0n) is 9.51. The van der Waals surface area contributed by atoms with Gasteiger partial charge < -0.3 is 10.1 Å². The molecular formula is C12H23NO. The summed E-state index contributed by atoms with van der Waals surface area (Å²) in [5.41, 5.74) is 1.27. The second-order valence-electron chi connectivity index (χ2n) is 4.23. The van der Waals surface area contributed by atoms with Crippen molar-refractivity contribution in [3.63, 3.8) is 0 Å². The minimum Gasteiger partial charge on any atom is -0.381 e. The van der Waals surface area contributed by atoms with Gasteiger partial charge in [0.1, 0.15) is 0 Å². The molecule has 0 bridgehead atoms. The number of ether oxygens (including phenoxy) is 1. The Morgan fingerprint density at radius 3 is 2.64 bits per heavy atom. The summed E-state index contributed by atoms with van der Waals surface area (Å²) in [6.45, 7) is 11.3. The molecule has 1 unspecified atom stereocenters. The van der Waals surface area contributed by atoms with Crippen LogP contribution in [-0.4, -0.2) is 25.8 Å². The van der Waals surface area contributed by atoms with Crippen LogP contribution in [0.4, 0.5) is 0 Å². The molecule has 82 valence electrons. The quantitative estimate of drug-likeness (QED) is 0.683. The van der Waals surface area contributed by atoms with Crippen LogP contribution in [0.3, 0.4) is 0 Å². The van der Waals surface area contributed by atoms with Crippen LogP contribution in [0, 0.1) is 5.92 Å². The van der Waals surface area contributed by atoms with Crippen LogP contribution in [-0.2, 0) is 4.74 Å². The molecule has 0 amide bonds. The smallest absolute Gasteiger partial charge is 0.0469 e. The van der Waals surface area contributed by atoms with Crippen molar-refractivity contribution < 1.29 is 4.74 Å². The molecule has 0 radical (unpaired) electrons. The molecular weight excluding hydrogens is 174 g/mol.